The van der Waals surface area contributed by atoms with E-state index in [0.29, 0.717) is 10.7 Å². The third kappa shape index (κ3) is 2.85. The molecule has 1 aromatic carbocycles. The zero-order valence-corrected chi connectivity index (χ0v) is 12.0. The van der Waals surface area contributed by atoms with E-state index in [1.54, 1.807) is 18.3 Å². The standard InChI is InChI=1S/C12H12ClN3O2S/c1-12(2,11-14-6-7-19-11)15-10-8(13)4-3-5-9(10)16(17)18/h3-7,15H,1-2H3. The van der Waals surface area contributed by atoms with Gasteiger partial charge in [-0.2, -0.15) is 0 Å². The molecular formula is C12H12ClN3O2S. The van der Waals surface area contributed by atoms with Crippen LogP contribution in [0.5, 0.6) is 0 Å². The van der Waals surface area contributed by atoms with Crippen molar-refractivity contribution in [3.63, 3.8) is 0 Å². The summed E-state index contributed by atoms with van der Waals surface area (Å²) in [5.74, 6) is 0. The highest BCUT2D eigenvalue weighted by atomic mass is 35.5. The molecule has 2 rings (SSSR count). The Balaban J connectivity index is 2.41. The number of halogens is 1. The number of nitro groups is 1. The van der Waals surface area contributed by atoms with E-state index < -0.39 is 10.5 Å². The number of hydrogen-bond donors (Lipinski definition) is 1. The van der Waals surface area contributed by atoms with Gasteiger partial charge in [0, 0.05) is 17.6 Å². The molecule has 0 amide bonds. The lowest BCUT2D eigenvalue weighted by atomic mass is 10.1. The van der Waals surface area contributed by atoms with Gasteiger partial charge in [-0.3, -0.25) is 10.1 Å². The predicted molar refractivity (Wildman–Crippen MR) is 76.9 cm³/mol. The van der Waals surface area contributed by atoms with Gasteiger partial charge in [-0.25, -0.2) is 4.98 Å². The lowest BCUT2D eigenvalue weighted by Gasteiger charge is -2.25. The normalized spacial score (nSPS) is 11.3. The first-order valence-electron chi connectivity index (χ1n) is 5.53. The molecule has 0 saturated carbocycles. The maximum absolute atomic E-state index is 11.0. The average Bonchev–Trinajstić information content (AvgIpc) is 2.85. The fourth-order valence-corrected chi connectivity index (χ4v) is 2.62. The number of para-hydroxylation sites is 1. The van der Waals surface area contributed by atoms with Crippen LogP contribution in [-0.4, -0.2) is 9.91 Å². The SMILES string of the molecule is CC(C)(Nc1c(Cl)cccc1[N+](=O)[O-])c1nccs1. The summed E-state index contributed by atoms with van der Waals surface area (Å²) in [6.45, 7) is 3.80. The molecule has 0 fully saturated rings. The van der Waals surface area contributed by atoms with E-state index in [2.05, 4.69) is 10.3 Å². The van der Waals surface area contributed by atoms with Gasteiger partial charge in [0.15, 0.2) is 0 Å². The van der Waals surface area contributed by atoms with Crippen molar-refractivity contribution in [2.45, 2.75) is 19.4 Å². The van der Waals surface area contributed by atoms with Crippen LogP contribution in [-0.2, 0) is 5.54 Å². The van der Waals surface area contributed by atoms with Crippen LogP contribution in [0.4, 0.5) is 11.4 Å². The Morgan fingerprint density at radius 1 is 1.47 bits per heavy atom. The van der Waals surface area contributed by atoms with Gasteiger partial charge in [0.2, 0.25) is 0 Å². The van der Waals surface area contributed by atoms with Gasteiger partial charge in [-0.15, -0.1) is 11.3 Å². The molecule has 0 bridgehead atoms. The molecular weight excluding hydrogens is 286 g/mol. The van der Waals surface area contributed by atoms with Gasteiger partial charge in [0.1, 0.15) is 10.7 Å². The molecule has 2 aromatic rings. The Labute approximate surface area is 119 Å². The minimum absolute atomic E-state index is 0.0443. The van der Waals surface area contributed by atoms with Crippen molar-refractivity contribution in [1.29, 1.82) is 0 Å². The molecule has 0 atom stereocenters. The smallest absolute Gasteiger partial charge is 0.293 e. The molecule has 1 heterocycles. The van der Waals surface area contributed by atoms with Crippen molar-refractivity contribution < 1.29 is 4.92 Å². The van der Waals surface area contributed by atoms with Crippen molar-refractivity contribution in [3.05, 3.63) is 49.9 Å². The second kappa shape index (κ2) is 5.14. The number of benzene rings is 1. The van der Waals surface area contributed by atoms with E-state index in [1.807, 2.05) is 19.2 Å². The highest BCUT2D eigenvalue weighted by molar-refractivity contribution is 7.09. The Kier molecular flexibility index (Phi) is 3.73. The van der Waals surface area contributed by atoms with E-state index in [0.717, 1.165) is 5.01 Å². The molecule has 0 unspecified atom stereocenters. The number of nitro benzene ring substituents is 1. The van der Waals surface area contributed by atoms with E-state index in [1.165, 1.54) is 17.4 Å². The number of thiazole rings is 1. The second-order valence-corrected chi connectivity index (χ2v) is 5.78. The zero-order chi connectivity index (χ0) is 14.0. The van der Waals surface area contributed by atoms with Crippen molar-refractivity contribution >= 4 is 34.3 Å². The number of nitrogens with one attached hydrogen (secondary N) is 1. The van der Waals surface area contributed by atoms with Gasteiger partial charge in [-0.1, -0.05) is 17.7 Å². The number of hydrogen-bond acceptors (Lipinski definition) is 5. The molecule has 5 nitrogen and oxygen atoms in total. The summed E-state index contributed by atoms with van der Waals surface area (Å²) >= 11 is 7.54. The Morgan fingerprint density at radius 2 is 2.21 bits per heavy atom. The predicted octanol–water partition coefficient (Wildman–Crippen LogP) is 4.05. The quantitative estimate of drug-likeness (QED) is 0.683. The lowest BCUT2D eigenvalue weighted by Crippen LogP contribution is -2.28. The van der Waals surface area contributed by atoms with Crippen molar-refractivity contribution in [2.24, 2.45) is 0 Å². The average molecular weight is 298 g/mol. The second-order valence-electron chi connectivity index (χ2n) is 4.48. The minimum atomic E-state index is -0.538. The molecule has 1 aromatic heterocycles. The molecule has 0 aliphatic rings. The number of aromatic nitrogens is 1. The van der Waals surface area contributed by atoms with Crippen LogP contribution in [0, 0.1) is 10.1 Å². The molecule has 19 heavy (non-hydrogen) atoms. The zero-order valence-electron chi connectivity index (χ0n) is 10.4. The Morgan fingerprint density at radius 3 is 2.79 bits per heavy atom. The topological polar surface area (TPSA) is 68.1 Å². The Hall–Kier alpha value is -1.66. The summed E-state index contributed by atoms with van der Waals surface area (Å²) in [6, 6.07) is 4.60. The number of nitrogens with zero attached hydrogens (tertiary/aromatic N) is 2. The van der Waals surface area contributed by atoms with Crippen LogP contribution in [0.3, 0.4) is 0 Å². The summed E-state index contributed by atoms with van der Waals surface area (Å²) in [5, 5.41) is 17.2. The number of anilines is 1. The summed E-state index contributed by atoms with van der Waals surface area (Å²) in [7, 11) is 0. The molecule has 1 N–H and O–H groups in total. The molecule has 0 radical (unpaired) electrons. The first kappa shape index (κ1) is 13.8. The highest BCUT2D eigenvalue weighted by Crippen LogP contribution is 2.36. The summed E-state index contributed by atoms with van der Waals surface area (Å²) in [4.78, 5) is 14.8. The molecule has 0 spiro atoms. The maximum Gasteiger partial charge on any atom is 0.293 e. The van der Waals surface area contributed by atoms with Crippen LogP contribution < -0.4 is 5.32 Å². The first-order chi connectivity index (χ1) is 8.92. The van der Waals surface area contributed by atoms with Gasteiger partial charge in [0.25, 0.3) is 5.69 Å². The minimum Gasteiger partial charge on any atom is -0.367 e. The molecule has 7 heteroatoms. The van der Waals surface area contributed by atoms with Crippen LogP contribution in [0.15, 0.2) is 29.8 Å². The monoisotopic (exact) mass is 297 g/mol. The van der Waals surface area contributed by atoms with E-state index in [4.69, 9.17) is 11.6 Å². The fourth-order valence-electron chi connectivity index (χ4n) is 1.69. The molecule has 0 saturated heterocycles. The van der Waals surface area contributed by atoms with Gasteiger partial charge in [0.05, 0.1) is 15.5 Å². The van der Waals surface area contributed by atoms with Crippen LogP contribution >= 0.6 is 22.9 Å². The van der Waals surface area contributed by atoms with Crippen molar-refractivity contribution in [3.8, 4) is 0 Å². The van der Waals surface area contributed by atoms with Crippen LogP contribution in [0.1, 0.15) is 18.9 Å². The summed E-state index contributed by atoms with van der Waals surface area (Å²) in [6.07, 6.45) is 1.70. The third-order valence-corrected chi connectivity index (χ3v) is 4.00. The molecule has 0 aliphatic carbocycles. The largest absolute Gasteiger partial charge is 0.367 e. The highest BCUT2D eigenvalue weighted by Gasteiger charge is 2.27. The third-order valence-electron chi connectivity index (χ3n) is 2.59. The summed E-state index contributed by atoms with van der Waals surface area (Å²) < 4.78 is 0. The van der Waals surface area contributed by atoms with Crippen LogP contribution in [0.2, 0.25) is 5.02 Å². The lowest BCUT2D eigenvalue weighted by molar-refractivity contribution is -0.384. The van der Waals surface area contributed by atoms with Gasteiger partial charge >= 0.3 is 0 Å². The van der Waals surface area contributed by atoms with Crippen molar-refractivity contribution in [1.82, 2.24) is 4.98 Å². The van der Waals surface area contributed by atoms with Gasteiger partial charge in [-0.05, 0) is 19.9 Å². The first-order valence-corrected chi connectivity index (χ1v) is 6.78. The van der Waals surface area contributed by atoms with E-state index >= 15 is 0 Å². The fraction of sp³-hybridized carbons (Fsp3) is 0.250. The van der Waals surface area contributed by atoms with E-state index in [9.17, 15) is 10.1 Å². The molecule has 100 valence electrons. The Bertz CT molecular complexity index is 599. The summed E-state index contributed by atoms with van der Waals surface area (Å²) in [5.41, 5.74) is -0.268. The van der Waals surface area contributed by atoms with Gasteiger partial charge < -0.3 is 5.32 Å². The van der Waals surface area contributed by atoms with Crippen LogP contribution in [0.25, 0.3) is 0 Å². The van der Waals surface area contributed by atoms with E-state index in [-0.39, 0.29) is 5.69 Å². The maximum atomic E-state index is 11.0. The molecule has 0 aliphatic heterocycles. The number of rotatable bonds is 4. The van der Waals surface area contributed by atoms with Crippen molar-refractivity contribution in [2.75, 3.05) is 5.32 Å².